The van der Waals surface area contributed by atoms with Crippen LogP contribution in [0.15, 0.2) is 30.3 Å². The molecule has 25 heavy (non-hydrogen) atoms. The maximum atomic E-state index is 12.5. The van der Waals surface area contributed by atoms with Crippen molar-refractivity contribution in [2.24, 2.45) is 0 Å². The van der Waals surface area contributed by atoms with E-state index in [9.17, 15) is 9.59 Å². The van der Waals surface area contributed by atoms with E-state index in [1.54, 1.807) is 4.90 Å². The zero-order chi connectivity index (χ0) is 19.1. The molecule has 0 atom stereocenters. The molecule has 1 aromatic rings. The van der Waals surface area contributed by atoms with E-state index < -0.39 is 23.4 Å². The number of nitrogens with zero attached hydrogens (tertiary/aromatic N) is 1. The number of benzene rings is 1. The summed E-state index contributed by atoms with van der Waals surface area (Å²) in [6.45, 7) is 11.8. The summed E-state index contributed by atoms with van der Waals surface area (Å²) >= 11 is 0. The van der Waals surface area contributed by atoms with Crippen molar-refractivity contribution in [1.29, 1.82) is 0 Å². The first-order valence-corrected chi connectivity index (χ1v) is 8.50. The predicted octanol–water partition coefficient (Wildman–Crippen LogP) is 4.34. The van der Waals surface area contributed by atoms with Crippen LogP contribution in [0.4, 0.5) is 15.3 Å². The number of ether oxygens (including phenoxy) is 2. The summed E-state index contributed by atoms with van der Waals surface area (Å²) in [6, 6.07) is 9.33. The van der Waals surface area contributed by atoms with Crippen molar-refractivity contribution < 1.29 is 19.1 Å². The van der Waals surface area contributed by atoms with Gasteiger partial charge in [0.05, 0.1) is 0 Å². The van der Waals surface area contributed by atoms with Crippen LogP contribution in [0, 0.1) is 0 Å². The minimum atomic E-state index is -0.571. The Labute approximate surface area is 150 Å². The molecule has 0 unspecified atom stereocenters. The molecule has 6 heteroatoms. The van der Waals surface area contributed by atoms with Crippen molar-refractivity contribution >= 4 is 17.9 Å². The van der Waals surface area contributed by atoms with Crippen LogP contribution in [-0.4, -0.2) is 36.5 Å². The van der Waals surface area contributed by atoms with Crippen LogP contribution in [0.25, 0.3) is 0 Å². The molecule has 1 aromatic carbocycles. The van der Waals surface area contributed by atoms with Gasteiger partial charge in [0.25, 0.3) is 0 Å². The van der Waals surface area contributed by atoms with Crippen LogP contribution in [0.5, 0.6) is 0 Å². The molecule has 0 heterocycles. The molecule has 0 saturated carbocycles. The molecule has 1 N–H and O–H groups in total. The van der Waals surface area contributed by atoms with Crippen LogP contribution >= 0.6 is 0 Å². The van der Waals surface area contributed by atoms with E-state index in [-0.39, 0.29) is 0 Å². The van der Waals surface area contributed by atoms with Crippen molar-refractivity contribution in [1.82, 2.24) is 5.32 Å². The van der Waals surface area contributed by atoms with E-state index >= 15 is 0 Å². The molecule has 0 aliphatic rings. The maximum absolute atomic E-state index is 12.5. The highest BCUT2D eigenvalue weighted by molar-refractivity contribution is 5.87. The maximum Gasteiger partial charge on any atom is 0.414 e. The zero-order valence-electron chi connectivity index (χ0n) is 16.1. The summed E-state index contributed by atoms with van der Waals surface area (Å²) in [5, 5.41) is 2.69. The monoisotopic (exact) mass is 350 g/mol. The number of anilines is 1. The third-order valence-corrected chi connectivity index (χ3v) is 2.91. The second-order valence-corrected chi connectivity index (χ2v) is 7.75. The van der Waals surface area contributed by atoms with E-state index in [1.165, 1.54) is 0 Å². The quantitative estimate of drug-likeness (QED) is 0.802. The third-order valence-electron chi connectivity index (χ3n) is 2.91. The minimum absolute atomic E-state index is 0.404. The van der Waals surface area contributed by atoms with E-state index in [1.807, 2.05) is 71.9 Å². The molecule has 0 saturated heterocycles. The van der Waals surface area contributed by atoms with Crippen LogP contribution in [0.1, 0.15) is 48.0 Å². The Morgan fingerprint density at radius 3 is 2.04 bits per heavy atom. The number of amides is 2. The SMILES string of the molecule is CC(C)(C)OC(=O)NCCCN(C(=O)OC(C)(C)C)c1ccccc1. The van der Waals surface area contributed by atoms with Crippen LogP contribution in [0.3, 0.4) is 0 Å². The summed E-state index contributed by atoms with van der Waals surface area (Å²) in [5.74, 6) is 0. The summed E-state index contributed by atoms with van der Waals surface area (Å²) in [5.41, 5.74) is -0.343. The van der Waals surface area contributed by atoms with Crippen LogP contribution in [-0.2, 0) is 9.47 Å². The van der Waals surface area contributed by atoms with Gasteiger partial charge in [0.1, 0.15) is 11.2 Å². The molecule has 140 valence electrons. The highest BCUT2D eigenvalue weighted by Gasteiger charge is 2.23. The van der Waals surface area contributed by atoms with Gasteiger partial charge in [0.2, 0.25) is 0 Å². The molecular formula is C19H30N2O4. The normalized spacial score (nSPS) is 11.6. The molecule has 0 aliphatic carbocycles. The van der Waals surface area contributed by atoms with Gasteiger partial charge in [-0.15, -0.1) is 0 Å². The largest absolute Gasteiger partial charge is 0.444 e. The lowest BCUT2D eigenvalue weighted by molar-refractivity contribution is 0.0527. The lowest BCUT2D eigenvalue weighted by Gasteiger charge is -2.27. The van der Waals surface area contributed by atoms with Crippen molar-refractivity contribution in [3.05, 3.63) is 30.3 Å². The Balaban J connectivity index is 2.60. The van der Waals surface area contributed by atoms with Crippen LogP contribution in [0.2, 0.25) is 0 Å². The van der Waals surface area contributed by atoms with Crippen LogP contribution < -0.4 is 10.2 Å². The highest BCUT2D eigenvalue weighted by atomic mass is 16.6. The fraction of sp³-hybridized carbons (Fsp3) is 0.579. The van der Waals surface area contributed by atoms with E-state index in [4.69, 9.17) is 9.47 Å². The molecule has 0 fully saturated rings. The molecule has 0 radical (unpaired) electrons. The number of hydrogen-bond acceptors (Lipinski definition) is 4. The van der Waals surface area contributed by atoms with Gasteiger partial charge >= 0.3 is 12.2 Å². The lowest BCUT2D eigenvalue weighted by Crippen LogP contribution is -2.39. The highest BCUT2D eigenvalue weighted by Crippen LogP contribution is 2.18. The second-order valence-electron chi connectivity index (χ2n) is 7.75. The molecule has 0 bridgehead atoms. The average molecular weight is 350 g/mol. The first kappa shape index (κ1) is 20.8. The molecule has 1 rings (SSSR count). The Kier molecular flexibility index (Phi) is 7.27. The molecule has 2 amide bonds. The topological polar surface area (TPSA) is 67.9 Å². The van der Waals surface area contributed by atoms with Gasteiger partial charge < -0.3 is 14.8 Å². The molecule has 0 aliphatic heterocycles. The van der Waals surface area contributed by atoms with Gasteiger partial charge in [-0.05, 0) is 60.1 Å². The fourth-order valence-electron chi connectivity index (χ4n) is 1.99. The van der Waals surface area contributed by atoms with E-state index in [0.29, 0.717) is 19.5 Å². The number of carbonyl (C=O) groups excluding carboxylic acids is 2. The standard InChI is InChI=1S/C19H30N2O4/c1-18(2,3)24-16(22)20-13-10-14-21(15-11-8-7-9-12-15)17(23)25-19(4,5)6/h7-9,11-12H,10,13-14H2,1-6H3,(H,20,22). The van der Waals surface area contributed by atoms with Crippen molar-refractivity contribution in [3.8, 4) is 0 Å². The number of hydrogen-bond donors (Lipinski definition) is 1. The predicted molar refractivity (Wildman–Crippen MR) is 98.9 cm³/mol. The van der Waals surface area contributed by atoms with Crippen molar-refractivity contribution in [3.63, 3.8) is 0 Å². The molecule has 0 aromatic heterocycles. The van der Waals surface area contributed by atoms with E-state index in [0.717, 1.165) is 5.69 Å². The number of alkyl carbamates (subject to hydrolysis) is 1. The van der Waals surface area contributed by atoms with E-state index in [2.05, 4.69) is 5.32 Å². The smallest absolute Gasteiger partial charge is 0.414 e. The lowest BCUT2D eigenvalue weighted by atomic mass is 10.2. The Morgan fingerprint density at radius 1 is 0.960 bits per heavy atom. The first-order valence-electron chi connectivity index (χ1n) is 8.50. The zero-order valence-corrected chi connectivity index (χ0v) is 16.1. The Morgan fingerprint density at radius 2 is 1.52 bits per heavy atom. The summed E-state index contributed by atoms with van der Waals surface area (Å²) in [6.07, 6.45) is -0.292. The van der Waals surface area contributed by atoms with Gasteiger partial charge in [-0.1, -0.05) is 18.2 Å². The van der Waals surface area contributed by atoms with Crippen molar-refractivity contribution in [2.45, 2.75) is 59.2 Å². The number of rotatable bonds is 5. The third kappa shape index (κ3) is 8.98. The van der Waals surface area contributed by atoms with Gasteiger partial charge in [-0.3, -0.25) is 4.90 Å². The van der Waals surface area contributed by atoms with Crippen molar-refractivity contribution in [2.75, 3.05) is 18.0 Å². The average Bonchev–Trinajstić information content (AvgIpc) is 2.44. The second kappa shape index (κ2) is 8.74. The Bertz CT molecular complexity index is 559. The molecule has 0 spiro atoms. The summed E-state index contributed by atoms with van der Waals surface area (Å²) < 4.78 is 10.7. The van der Waals surface area contributed by atoms with Gasteiger partial charge in [-0.2, -0.15) is 0 Å². The first-order chi connectivity index (χ1) is 11.5. The molecular weight excluding hydrogens is 320 g/mol. The van der Waals surface area contributed by atoms with Gasteiger partial charge in [-0.25, -0.2) is 9.59 Å². The minimum Gasteiger partial charge on any atom is -0.444 e. The summed E-state index contributed by atoms with van der Waals surface area (Å²) in [4.78, 5) is 25.7. The number of carbonyl (C=O) groups is 2. The number of para-hydroxylation sites is 1. The van der Waals surface area contributed by atoms with Gasteiger partial charge in [0, 0.05) is 18.8 Å². The summed E-state index contributed by atoms with van der Waals surface area (Å²) in [7, 11) is 0. The number of nitrogens with one attached hydrogen (secondary N) is 1. The fourth-order valence-corrected chi connectivity index (χ4v) is 1.99. The molecule has 6 nitrogen and oxygen atoms in total. The van der Waals surface area contributed by atoms with Gasteiger partial charge in [0.15, 0.2) is 0 Å². The Hall–Kier alpha value is -2.24.